The second kappa shape index (κ2) is 9.83. The van der Waals surface area contributed by atoms with Crippen LogP contribution in [0.25, 0.3) is 33.2 Å². The summed E-state index contributed by atoms with van der Waals surface area (Å²) in [6.45, 7) is 0. The minimum Gasteiger partial charge on any atom is -0.251 e. The average Bonchev–Trinajstić information content (AvgIpc) is 2.79. The molecule has 0 aliphatic carbocycles. The third-order valence-corrected chi connectivity index (χ3v) is 7.49. The van der Waals surface area contributed by atoms with Crippen LogP contribution in [0, 0.1) is 0 Å². The molecule has 0 atom stereocenters. The summed E-state index contributed by atoms with van der Waals surface area (Å²) in [5, 5.41) is 2.34. The molecule has 5 aromatic rings. The van der Waals surface area contributed by atoms with Crippen molar-refractivity contribution in [3.05, 3.63) is 120 Å². The lowest BCUT2D eigenvalue weighted by molar-refractivity contribution is 1.10. The maximum Gasteiger partial charge on any atom is 0.0790 e. The molecule has 0 amide bonds. The zero-order valence-corrected chi connectivity index (χ0v) is 23.7. The number of nitrogens with zero attached hydrogens (tertiary/aromatic N) is 1. The van der Waals surface area contributed by atoms with E-state index in [4.69, 9.17) is 4.98 Å². The molecule has 0 aliphatic heterocycles. The highest BCUT2D eigenvalue weighted by Gasteiger charge is 2.18. The average molecular weight is 687 g/mol. The summed E-state index contributed by atoms with van der Waals surface area (Å²) in [4.78, 5) is 5.31. The Balaban J connectivity index is 1.85. The Morgan fingerprint density at radius 2 is 1.15 bits per heavy atom. The summed E-state index contributed by atoms with van der Waals surface area (Å²) < 4.78 is 4.20. The molecule has 0 unspecified atom stereocenters. The minimum absolute atomic E-state index is 0.742. The fourth-order valence-corrected chi connectivity index (χ4v) is 5.71. The standard InChI is InChI=1S/C28H17Br4N/c29-20-7-1-4-17(12-20)13-26-25-16-23(32)10-11-24(25)27(18-5-2-8-21(30)14-18)28(33-26)19-6-3-9-22(31)15-19/h1-12,14-16H,13H2. The molecule has 4 aromatic carbocycles. The van der Waals surface area contributed by atoms with Crippen LogP contribution in [0.1, 0.15) is 11.3 Å². The number of hydrogen-bond acceptors (Lipinski definition) is 1. The van der Waals surface area contributed by atoms with Crippen molar-refractivity contribution in [2.24, 2.45) is 0 Å². The lowest BCUT2D eigenvalue weighted by Crippen LogP contribution is -2.00. The molecule has 1 aromatic heterocycles. The van der Waals surface area contributed by atoms with E-state index < -0.39 is 0 Å². The van der Waals surface area contributed by atoms with Crippen LogP contribution in [0.15, 0.2) is 109 Å². The van der Waals surface area contributed by atoms with E-state index in [0.717, 1.165) is 57.8 Å². The van der Waals surface area contributed by atoms with Gasteiger partial charge in [0.05, 0.1) is 11.4 Å². The Hall–Kier alpha value is -1.79. The molecule has 0 saturated carbocycles. The van der Waals surface area contributed by atoms with Gasteiger partial charge < -0.3 is 0 Å². The molecule has 0 spiro atoms. The van der Waals surface area contributed by atoms with E-state index in [1.165, 1.54) is 10.9 Å². The zero-order chi connectivity index (χ0) is 22.9. The Morgan fingerprint density at radius 3 is 1.85 bits per heavy atom. The van der Waals surface area contributed by atoms with Gasteiger partial charge in [-0.05, 0) is 65.0 Å². The van der Waals surface area contributed by atoms with E-state index in [9.17, 15) is 0 Å². The lowest BCUT2D eigenvalue weighted by atomic mass is 9.92. The predicted molar refractivity (Wildman–Crippen MR) is 153 cm³/mol. The summed E-state index contributed by atoms with van der Waals surface area (Å²) in [6.07, 6.45) is 0.742. The minimum atomic E-state index is 0.742. The van der Waals surface area contributed by atoms with E-state index in [1.807, 2.05) is 6.07 Å². The number of halogens is 4. The third-order valence-electron chi connectivity index (χ3n) is 5.52. The van der Waals surface area contributed by atoms with Crippen LogP contribution in [0.4, 0.5) is 0 Å². The maximum absolute atomic E-state index is 5.31. The zero-order valence-electron chi connectivity index (χ0n) is 17.3. The van der Waals surface area contributed by atoms with E-state index >= 15 is 0 Å². The SMILES string of the molecule is Brc1cccc(Cc2nc(-c3cccc(Br)c3)c(-c3cccc(Br)c3)c3ccc(Br)cc23)c1. The van der Waals surface area contributed by atoms with Crippen LogP contribution in [-0.4, -0.2) is 4.98 Å². The van der Waals surface area contributed by atoms with Crippen molar-refractivity contribution in [3.8, 4) is 22.4 Å². The van der Waals surface area contributed by atoms with Crippen molar-refractivity contribution in [1.82, 2.24) is 4.98 Å². The van der Waals surface area contributed by atoms with E-state index in [0.29, 0.717) is 0 Å². The molecule has 0 N–H and O–H groups in total. The molecule has 0 bridgehead atoms. The van der Waals surface area contributed by atoms with Gasteiger partial charge >= 0.3 is 0 Å². The first-order valence-electron chi connectivity index (χ1n) is 10.4. The van der Waals surface area contributed by atoms with Crippen molar-refractivity contribution in [3.63, 3.8) is 0 Å². The van der Waals surface area contributed by atoms with E-state index in [1.54, 1.807) is 0 Å². The van der Waals surface area contributed by atoms with Crippen molar-refractivity contribution in [1.29, 1.82) is 0 Å². The molecule has 5 heteroatoms. The fourth-order valence-electron chi connectivity index (χ4n) is 4.11. The lowest BCUT2D eigenvalue weighted by Gasteiger charge is -2.18. The maximum atomic E-state index is 5.31. The van der Waals surface area contributed by atoms with E-state index in [2.05, 4.69) is 149 Å². The number of fused-ring (bicyclic) bond motifs is 1. The highest BCUT2D eigenvalue weighted by atomic mass is 79.9. The summed E-state index contributed by atoms with van der Waals surface area (Å²) in [5.74, 6) is 0. The molecule has 0 aliphatic rings. The highest BCUT2D eigenvalue weighted by molar-refractivity contribution is 9.11. The first kappa shape index (κ1) is 23.0. The number of pyridine rings is 1. The van der Waals surface area contributed by atoms with Crippen LogP contribution < -0.4 is 0 Å². The normalized spacial score (nSPS) is 11.2. The monoisotopic (exact) mass is 683 g/mol. The van der Waals surface area contributed by atoms with Crippen LogP contribution in [0.3, 0.4) is 0 Å². The summed E-state index contributed by atoms with van der Waals surface area (Å²) in [7, 11) is 0. The van der Waals surface area contributed by atoms with Gasteiger partial charge in [0.2, 0.25) is 0 Å². The van der Waals surface area contributed by atoms with Crippen molar-refractivity contribution < 1.29 is 0 Å². The van der Waals surface area contributed by atoms with Crippen LogP contribution >= 0.6 is 63.7 Å². The predicted octanol–water partition coefficient (Wildman–Crippen LogP) is 10.2. The van der Waals surface area contributed by atoms with Gasteiger partial charge in [-0.15, -0.1) is 0 Å². The van der Waals surface area contributed by atoms with Gasteiger partial charge in [-0.3, -0.25) is 4.98 Å². The quantitative estimate of drug-likeness (QED) is 0.183. The second-order valence-corrected chi connectivity index (χ2v) is 11.5. The molecule has 1 nitrogen and oxygen atoms in total. The largest absolute Gasteiger partial charge is 0.251 e. The first-order chi connectivity index (χ1) is 16.0. The molecule has 0 saturated heterocycles. The van der Waals surface area contributed by atoms with Gasteiger partial charge in [-0.25, -0.2) is 0 Å². The van der Waals surface area contributed by atoms with Gasteiger partial charge in [-0.2, -0.15) is 0 Å². The van der Waals surface area contributed by atoms with Gasteiger partial charge in [-0.1, -0.05) is 106 Å². The summed E-state index contributed by atoms with van der Waals surface area (Å²) in [6, 6.07) is 31.7. The van der Waals surface area contributed by atoms with Crippen LogP contribution in [0.2, 0.25) is 0 Å². The van der Waals surface area contributed by atoms with Crippen molar-refractivity contribution in [2.75, 3.05) is 0 Å². The van der Waals surface area contributed by atoms with Crippen LogP contribution in [-0.2, 0) is 6.42 Å². The number of aromatic nitrogens is 1. The highest BCUT2D eigenvalue weighted by Crippen LogP contribution is 2.40. The fraction of sp³-hybridized carbons (Fsp3) is 0.0357. The number of hydrogen-bond donors (Lipinski definition) is 0. The van der Waals surface area contributed by atoms with Gasteiger partial charge in [0.25, 0.3) is 0 Å². The Labute approximate surface area is 226 Å². The van der Waals surface area contributed by atoms with Crippen molar-refractivity contribution in [2.45, 2.75) is 6.42 Å². The Morgan fingerprint density at radius 1 is 0.545 bits per heavy atom. The molecule has 1 heterocycles. The van der Waals surface area contributed by atoms with Gasteiger partial charge in [0, 0.05) is 40.8 Å². The van der Waals surface area contributed by atoms with Gasteiger partial charge in [0.15, 0.2) is 0 Å². The first-order valence-corrected chi connectivity index (χ1v) is 13.5. The summed E-state index contributed by atoms with van der Waals surface area (Å²) in [5.41, 5.74) is 6.60. The molecular weight excluding hydrogens is 670 g/mol. The molecule has 162 valence electrons. The topological polar surface area (TPSA) is 12.9 Å². The summed E-state index contributed by atoms with van der Waals surface area (Å²) >= 11 is 14.6. The van der Waals surface area contributed by atoms with Crippen molar-refractivity contribution >= 4 is 74.5 Å². The molecule has 33 heavy (non-hydrogen) atoms. The Bertz CT molecular complexity index is 1490. The van der Waals surface area contributed by atoms with Gasteiger partial charge in [0.1, 0.15) is 0 Å². The third kappa shape index (κ3) is 5.02. The van der Waals surface area contributed by atoms with Crippen LogP contribution in [0.5, 0.6) is 0 Å². The molecular formula is C28H17Br4N. The molecule has 0 fully saturated rings. The smallest absolute Gasteiger partial charge is 0.0790 e. The number of benzene rings is 4. The molecule has 0 radical (unpaired) electrons. The van der Waals surface area contributed by atoms with E-state index in [-0.39, 0.29) is 0 Å². The Kier molecular flexibility index (Phi) is 6.84. The second-order valence-electron chi connectivity index (χ2n) is 7.80. The number of rotatable bonds is 4. The molecule has 5 rings (SSSR count).